The van der Waals surface area contributed by atoms with Gasteiger partial charge in [0, 0.05) is 25.3 Å². The first-order valence-electron chi connectivity index (χ1n) is 9.96. The topological polar surface area (TPSA) is 61.4 Å². The zero-order chi connectivity index (χ0) is 19.9. The predicted octanol–water partition coefficient (Wildman–Crippen LogP) is 3.48. The Kier molecular flexibility index (Phi) is 6.82. The molecule has 1 atom stereocenters. The molecule has 2 aromatic carbocycles. The summed E-state index contributed by atoms with van der Waals surface area (Å²) >= 11 is 0. The summed E-state index contributed by atoms with van der Waals surface area (Å²) in [6.45, 7) is 7.72. The van der Waals surface area contributed by atoms with Crippen LogP contribution in [-0.2, 0) is 22.7 Å². The summed E-state index contributed by atoms with van der Waals surface area (Å²) in [4.78, 5) is 26.8. The van der Waals surface area contributed by atoms with E-state index in [0.29, 0.717) is 12.2 Å². The highest BCUT2D eigenvalue weighted by Crippen LogP contribution is 2.19. The Bertz CT molecular complexity index is 817. The first-order chi connectivity index (χ1) is 13.5. The Labute approximate surface area is 167 Å². The van der Waals surface area contributed by atoms with Gasteiger partial charge >= 0.3 is 11.8 Å². The van der Waals surface area contributed by atoms with E-state index in [4.69, 9.17) is 0 Å². The van der Waals surface area contributed by atoms with Gasteiger partial charge < -0.3 is 10.6 Å². The van der Waals surface area contributed by atoms with Crippen molar-refractivity contribution < 1.29 is 9.59 Å². The zero-order valence-electron chi connectivity index (χ0n) is 16.7. The Morgan fingerprint density at radius 1 is 1.04 bits per heavy atom. The van der Waals surface area contributed by atoms with Crippen molar-refractivity contribution in [3.8, 4) is 0 Å². The van der Waals surface area contributed by atoms with Crippen molar-refractivity contribution >= 4 is 17.5 Å². The molecule has 1 unspecified atom stereocenters. The van der Waals surface area contributed by atoms with Crippen molar-refractivity contribution in [3.05, 3.63) is 65.2 Å². The van der Waals surface area contributed by atoms with Crippen LogP contribution in [0.2, 0.25) is 0 Å². The van der Waals surface area contributed by atoms with Gasteiger partial charge in [-0.2, -0.15) is 0 Å². The summed E-state index contributed by atoms with van der Waals surface area (Å²) in [5.74, 6) is -0.542. The Morgan fingerprint density at radius 3 is 2.46 bits per heavy atom. The third-order valence-electron chi connectivity index (χ3n) is 5.21. The third kappa shape index (κ3) is 5.67. The Balaban J connectivity index is 1.55. The second-order valence-corrected chi connectivity index (χ2v) is 7.75. The van der Waals surface area contributed by atoms with E-state index < -0.39 is 11.8 Å². The summed E-state index contributed by atoms with van der Waals surface area (Å²) in [6.07, 6.45) is 2.53. The third-order valence-corrected chi connectivity index (χ3v) is 5.21. The number of carbonyl (C=O) groups is 2. The number of aryl methyl sites for hydroxylation is 1. The van der Waals surface area contributed by atoms with Gasteiger partial charge in [-0.3, -0.25) is 14.5 Å². The standard InChI is InChI=1S/C23H29N3O2/c1-17-9-11-21(12-10-17)25-23(28)22(27)24-14-19-7-3-4-8-20(19)16-26-13-5-6-18(2)15-26/h3-4,7-12,18H,5-6,13-16H2,1-2H3,(H,24,27)(H,25,28). The number of hydrogen-bond acceptors (Lipinski definition) is 3. The summed E-state index contributed by atoms with van der Waals surface area (Å²) in [5.41, 5.74) is 3.97. The number of amides is 2. The molecule has 1 saturated heterocycles. The van der Waals surface area contributed by atoms with Crippen LogP contribution in [0.5, 0.6) is 0 Å². The van der Waals surface area contributed by atoms with E-state index in [1.165, 1.54) is 18.4 Å². The molecule has 1 heterocycles. The van der Waals surface area contributed by atoms with Crippen LogP contribution in [0.3, 0.4) is 0 Å². The SMILES string of the molecule is Cc1ccc(NC(=O)C(=O)NCc2ccccc2CN2CCCC(C)C2)cc1. The lowest BCUT2D eigenvalue weighted by Gasteiger charge is -2.31. The molecule has 1 fully saturated rings. The minimum Gasteiger partial charge on any atom is -0.344 e. The fourth-order valence-corrected chi connectivity index (χ4v) is 3.64. The minimum absolute atomic E-state index is 0.347. The molecular weight excluding hydrogens is 350 g/mol. The average Bonchev–Trinajstić information content (AvgIpc) is 2.69. The maximum Gasteiger partial charge on any atom is 0.313 e. The Morgan fingerprint density at radius 2 is 1.75 bits per heavy atom. The molecule has 2 aromatic rings. The number of nitrogens with one attached hydrogen (secondary N) is 2. The van der Waals surface area contributed by atoms with Crippen LogP contribution in [0.25, 0.3) is 0 Å². The molecule has 28 heavy (non-hydrogen) atoms. The van der Waals surface area contributed by atoms with Gasteiger partial charge in [0.25, 0.3) is 0 Å². The van der Waals surface area contributed by atoms with E-state index in [-0.39, 0.29) is 0 Å². The van der Waals surface area contributed by atoms with E-state index in [1.807, 2.05) is 37.3 Å². The fraction of sp³-hybridized carbons (Fsp3) is 0.391. The first-order valence-corrected chi connectivity index (χ1v) is 9.96. The molecule has 5 nitrogen and oxygen atoms in total. The van der Waals surface area contributed by atoms with Gasteiger partial charge in [-0.05, 0) is 55.5 Å². The molecule has 0 aliphatic carbocycles. The van der Waals surface area contributed by atoms with Crippen molar-refractivity contribution in [1.29, 1.82) is 0 Å². The number of hydrogen-bond donors (Lipinski definition) is 2. The molecule has 2 amide bonds. The van der Waals surface area contributed by atoms with Crippen LogP contribution < -0.4 is 10.6 Å². The zero-order valence-corrected chi connectivity index (χ0v) is 16.7. The van der Waals surface area contributed by atoms with E-state index in [1.54, 1.807) is 12.1 Å². The van der Waals surface area contributed by atoms with Crippen molar-refractivity contribution in [2.24, 2.45) is 5.92 Å². The second-order valence-electron chi connectivity index (χ2n) is 7.75. The van der Waals surface area contributed by atoms with Gasteiger partial charge in [0.15, 0.2) is 0 Å². The highest BCUT2D eigenvalue weighted by atomic mass is 16.2. The van der Waals surface area contributed by atoms with Crippen molar-refractivity contribution in [2.45, 2.75) is 39.8 Å². The molecule has 1 aliphatic heterocycles. The number of rotatable bonds is 5. The minimum atomic E-state index is -0.647. The van der Waals surface area contributed by atoms with Crippen LogP contribution in [0.15, 0.2) is 48.5 Å². The molecule has 148 valence electrons. The van der Waals surface area contributed by atoms with Crippen LogP contribution in [0.4, 0.5) is 5.69 Å². The normalized spacial score (nSPS) is 17.1. The highest BCUT2D eigenvalue weighted by Gasteiger charge is 2.18. The van der Waals surface area contributed by atoms with E-state index in [0.717, 1.165) is 36.7 Å². The van der Waals surface area contributed by atoms with Crippen LogP contribution >= 0.6 is 0 Å². The lowest BCUT2D eigenvalue weighted by molar-refractivity contribution is -0.136. The lowest BCUT2D eigenvalue weighted by atomic mass is 9.99. The van der Waals surface area contributed by atoms with Crippen molar-refractivity contribution in [3.63, 3.8) is 0 Å². The number of piperidine rings is 1. The first kappa shape index (κ1) is 20.1. The molecule has 1 aliphatic rings. The molecule has 2 N–H and O–H groups in total. The molecule has 0 saturated carbocycles. The monoisotopic (exact) mass is 379 g/mol. The molecule has 0 radical (unpaired) electrons. The molecular formula is C23H29N3O2. The summed E-state index contributed by atoms with van der Waals surface area (Å²) in [5, 5.41) is 5.38. The number of benzene rings is 2. The smallest absolute Gasteiger partial charge is 0.313 e. The number of anilines is 1. The van der Waals surface area contributed by atoms with Gasteiger partial charge in [0.1, 0.15) is 0 Å². The maximum absolute atomic E-state index is 12.2. The number of likely N-dealkylation sites (tertiary alicyclic amines) is 1. The second kappa shape index (κ2) is 9.51. The summed E-state index contributed by atoms with van der Waals surface area (Å²) in [7, 11) is 0. The molecule has 0 bridgehead atoms. The van der Waals surface area contributed by atoms with Gasteiger partial charge in [-0.1, -0.05) is 48.9 Å². The molecule has 0 aromatic heterocycles. The van der Waals surface area contributed by atoms with Crippen LogP contribution in [-0.4, -0.2) is 29.8 Å². The Hall–Kier alpha value is -2.66. The quantitative estimate of drug-likeness (QED) is 0.782. The summed E-state index contributed by atoms with van der Waals surface area (Å²) in [6, 6.07) is 15.5. The maximum atomic E-state index is 12.2. The van der Waals surface area contributed by atoms with E-state index >= 15 is 0 Å². The van der Waals surface area contributed by atoms with Crippen LogP contribution in [0, 0.1) is 12.8 Å². The highest BCUT2D eigenvalue weighted by molar-refractivity contribution is 6.39. The van der Waals surface area contributed by atoms with Gasteiger partial charge in [-0.15, -0.1) is 0 Å². The molecule has 5 heteroatoms. The lowest BCUT2D eigenvalue weighted by Crippen LogP contribution is -2.36. The fourth-order valence-electron chi connectivity index (χ4n) is 3.64. The predicted molar refractivity (Wildman–Crippen MR) is 112 cm³/mol. The summed E-state index contributed by atoms with van der Waals surface area (Å²) < 4.78 is 0. The van der Waals surface area contributed by atoms with Gasteiger partial charge in [-0.25, -0.2) is 0 Å². The largest absolute Gasteiger partial charge is 0.344 e. The van der Waals surface area contributed by atoms with E-state index in [9.17, 15) is 9.59 Å². The van der Waals surface area contributed by atoms with Gasteiger partial charge in [0.05, 0.1) is 0 Å². The number of nitrogens with zero attached hydrogens (tertiary/aromatic N) is 1. The van der Waals surface area contributed by atoms with E-state index in [2.05, 4.69) is 28.5 Å². The average molecular weight is 380 g/mol. The number of carbonyl (C=O) groups excluding carboxylic acids is 2. The van der Waals surface area contributed by atoms with Gasteiger partial charge in [0.2, 0.25) is 0 Å². The van der Waals surface area contributed by atoms with Crippen LogP contribution in [0.1, 0.15) is 36.5 Å². The van der Waals surface area contributed by atoms with Crippen molar-refractivity contribution in [2.75, 3.05) is 18.4 Å². The van der Waals surface area contributed by atoms with Crippen molar-refractivity contribution in [1.82, 2.24) is 10.2 Å². The molecule has 3 rings (SSSR count). The molecule has 0 spiro atoms.